The number of nitrogens with zero attached hydrogens (tertiary/aromatic N) is 5. The largest absolute Gasteiger partial charge is 0.435 e. The van der Waals surface area contributed by atoms with Crippen LogP contribution in [0, 0.1) is 20.8 Å². The van der Waals surface area contributed by atoms with E-state index in [0.29, 0.717) is 6.54 Å². The van der Waals surface area contributed by atoms with Gasteiger partial charge in [-0.3, -0.25) is 14.2 Å². The number of carbonyl (C=O) groups is 1. The molecule has 0 aliphatic rings. The lowest BCUT2D eigenvalue weighted by Gasteiger charge is -2.05. The Morgan fingerprint density at radius 3 is 2.47 bits per heavy atom. The van der Waals surface area contributed by atoms with Crippen LogP contribution in [0.2, 0.25) is 0 Å². The highest BCUT2D eigenvalue weighted by atomic mass is 19.4. The van der Waals surface area contributed by atoms with Crippen molar-refractivity contribution >= 4 is 12.1 Å². The van der Waals surface area contributed by atoms with Crippen molar-refractivity contribution in [3.05, 3.63) is 70.3 Å². The van der Waals surface area contributed by atoms with E-state index in [4.69, 9.17) is 0 Å². The van der Waals surface area contributed by atoms with E-state index in [1.807, 2.05) is 49.7 Å². The maximum Gasteiger partial charge on any atom is 0.435 e. The fourth-order valence-corrected chi connectivity index (χ4v) is 2.87. The molecule has 7 nitrogen and oxygen atoms in total. The molecule has 0 fully saturated rings. The quantitative estimate of drug-likeness (QED) is 0.493. The Bertz CT molecular complexity index is 1060. The Labute approximate surface area is 171 Å². The van der Waals surface area contributed by atoms with Crippen molar-refractivity contribution in [2.24, 2.45) is 5.10 Å². The van der Waals surface area contributed by atoms with Gasteiger partial charge in [0.25, 0.3) is 5.91 Å². The van der Waals surface area contributed by atoms with Gasteiger partial charge >= 0.3 is 6.18 Å². The summed E-state index contributed by atoms with van der Waals surface area (Å²) >= 11 is 0. The number of hydrogen-bond donors (Lipinski definition) is 1. The number of aryl methyl sites for hydroxylation is 2. The summed E-state index contributed by atoms with van der Waals surface area (Å²) in [6, 6.07) is 8.97. The molecule has 158 valence electrons. The van der Waals surface area contributed by atoms with Gasteiger partial charge in [-0.1, -0.05) is 29.8 Å². The van der Waals surface area contributed by atoms with Gasteiger partial charge in [0.1, 0.15) is 6.54 Å². The summed E-state index contributed by atoms with van der Waals surface area (Å²) in [4.78, 5) is 11.9. The van der Waals surface area contributed by atoms with Gasteiger partial charge in [0.05, 0.1) is 18.5 Å². The van der Waals surface area contributed by atoms with Crippen molar-refractivity contribution in [3.63, 3.8) is 0 Å². The number of nitrogens with one attached hydrogen (secondary N) is 1. The number of aromatic nitrogens is 4. The second kappa shape index (κ2) is 8.52. The molecule has 1 N–H and O–H groups in total. The first-order chi connectivity index (χ1) is 14.1. The second-order valence-corrected chi connectivity index (χ2v) is 6.92. The highest BCUT2D eigenvalue weighted by Gasteiger charge is 2.33. The zero-order valence-corrected chi connectivity index (χ0v) is 16.7. The monoisotopic (exact) mass is 418 g/mol. The molecule has 0 spiro atoms. The Kier molecular flexibility index (Phi) is 6.04. The summed E-state index contributed by atoms with van der Waals surface area (Å²) in [5, 5.41) is 11.7. The normalized spacial score (nSPS) is 11.9. The molecule has 0 radical (unpaired) electrons. The summed E-state index contributed by atoms with van der Waals surface area (Å²) < 4.78 is 40.4. The summed E-state index contributed by atoms with van der Waals surface area (Å²) in [7, 11) is 0. The lowest BCUT2D eigenvalue weighted by atomic mass is 10.1. The highest BCUT2D eigenvalue weighted by Crippen LogP contribution is 2.27. The smallest absolute Gasteiger partial charge is 0.271 e. The third-order valence-corrected chi connectivity index (χ3v) is 4.51. The lowest BCUT2D eigenvalue weighted by Crippen LogP contribution is -2.24. The second-order valence-electron chi connectivity index (χ2n) is 6.92. The summed E-state index contributed by atoms with van der Waals surface area (Å²) in [6.45, 7) is 5.99. The highest BCUT2D eigenvalue weighted by molar-refractivity contribution is 5.84. The molecule has 2 aromatic heterocycles. The van der Waals surface area contributed by atoms with E-state index in [1.165, 1.54) is 11.8 Å². The van der Waals surface area contributed by atoms with Crippen molar-refractivity contribution < 1.29 is 18.0 Å². The first-order valence-electron chi connectivity index (χ1n) is 9.15. The molecule has 0 aliphatic heterocycles. The van der Waals surface area contributed by atoms with Crippen LogP contribution in [0.15, 0.2) is 41.6 Å². The van der Waals surface area contributed by atoms with Crippen LogP contribution in [-0.4, -0.2) is 31.7 Å². The van der Waals surface area contributed by atoms with E-state index in [-0.39, 0.29) is 6.54 Å². The van der Waals surface area contributed by atoms with Gasteiger partial charge in [-0.15, -0.1) is 0 Å². The Morgan fingerprint density at radius 1 is 1.13 bits per heavy atom. The number of hydrogen-bond acceptors (Lipinski definition) is 4. The van der Waals surface area contributed by atoms with Crippen molar-refractivity contribution in [2.75, 3.05) is 0 Å². The number of amides is 1. The van der Waals surface area contributed by atoms with Crippen LogP contribution in [0.5, 0.6) is 0 Å². The molecule has 3 rings (SSSR count). The summed E-state index contributed by atoms with van der Waals surface area (Å²) in [5.41, 5.74) is 5.94. The number of halogens is 3. The molecular formula is C20H21F3N6O. The van der Waals surface area contributed by atoms with Crippen molar-refractivity contribution in [1.29, 1.82) is 0 Å². The van der Waals surface area contributed by atoms with Crippen LogP contribution in [-0.2, 0) is 24.1 Å². The third kappa shape index (κ3) is 5.13. The topological polar surface area (TPSA) is 77.1 Å². The molecule has 0 unspecified atom stereocenters. The lowest BCUT2D eigenvalue weighted by molar-refractivity contribution is -0.141. The van der Waals surface area contributed by atoms with E-state index >= 15 is 0 Å². The van der Waals surface area contributed by atoms with Gasteiger partial charge in [0.15, 0.2) is 5.69 Å². The number of carbonyl (C=O) groups excluding carboxylic acids is 1. The molecule has 3 aromatic rings. The van der Waals surface area contributed by atoms with Crippen molar-refractivity contribution in [3.8, 4) is 0 Å². The van der Waals surface area contributed by atoms with Crippen molar-refractivity contribution in [1.82, 2.24) is 25.0 Å². The first kappa shape index (κ1) is 21.3. The van der Waals surface area contributed by atoms with E-state index < -0.39 is 17.8 Å². The number of benzene rings is 1. The molecular weight excluding hydrogens is 397 g/mol. The minimum Gasteiger partial charge on any atom is -0.271 e. The average molecular weight is 418 g/mol. The van der Waals surface area contributed by atoms with Gasteiger partial charge in [0.2, 0.25) is 0 Å². The molecule has 10 heteroatoms. The van der Waals surface area contributed by atoms with Crippen LogP contribution >= 0.6 is 0 Å². The zero-order valence-electron chi connectivity index (χ0n) is 16.7. The predicted molar refractivity (Wildman–Crippen MR) is 105 cm³/mol. The number of hydrazone groups is 1. The van der Waals surface area contributed by atoms with Crippen LogP contribution in [0.25, 0.3) is 0 Å². The maximum absolute atomic E-state index is 12.6. The van der Waals surface area contributed by atoms with E-state index in [9.17, 15) is 18.0 Å². The Hall–Kier alpha value is -3.43. The number of alkyl halides is 3. The van der Waals surface area contributed by atoms with Gasteiger partial charge in [-0.25, -0.2) is 5.43 Å². The standard InChI is InChI=1S/C20H21F3N6O/c1-13-4-6-16(7-5-13)11-29-15(3)17(14(2)26-29)10-24-25-19(30)12-28-9-8-18(27-28)20(21,22)23/h4-10H,11-12H2,1-3H3,(H,25,30). The first-order valence-corrected chi connectivity index (χ1v) is 9.15. The number of rotatable bonds is 6. The van der Waals surface area contributed by atoms with Crippen LogP contribution in [0.1, 0.15) is 33.8 Å². The molecule has 0 saturated carbocycles. The predicted octanol–water partition coefficient (Wildman–Crippen LogP) is 3.22. The van der Waals surface area contributed by atoms with Crippen LogP contribution < -0.4 is 5.43 Å². The third-order valence-electron chi connectivity index (χ3n) is 4.51. The Balaban J connectivity index is 1.61. The molecule has 0 bridgehead atoms. The fraction of sp³-hybridized carbons (Fsp3) is 0.300. The summed E-state index contributed by atoms with van der Waals surface area (Å²) in [5.74, 6) is -0.592. The molecule has 2 heterocycles. The molecule has 30 heavy (non-hydrogen) atoms. The maximum atomic E-state index is 12.6. The molecule has 0 aliphatic carbocycles. The fourth-order valence-electron chi connectivity index (χ4n) is 2.87. The minimum absolute atomic E-state index is 0.377. The molecule has 0 saturated heterocycles. The van der Waals surface area contributed by atoms with Gasteiger partial charge in [-0.2, -0.15) is 28.5 Å². The van der Waals surface area contributed by atoms with Crippen molar-refractivity contribution in [2.45, 2.75) is 40.0 Å². The van der Waals surface area contributed by atoms with Crippen LogP contribution in [0.4, 0.5) is 13.2 Å². The van der Waals surface area contributed by atoms with Gasteiger partial charge in [0, 0.05) is 17.5 Å². The van der Waals surface area contributed by atoms with Gasteiger partial charge in [-0.05, 0) is 32.4 Å². The van der Waals surface area contributed by atoms with E-state index in [2.05, 4.69) is 20.7 Å². The summed E-state index contributed by atoms with van der Waals surface area (Å²) in [6.07, 6.45) is -1.98. The van der Waals surface area contributed by atoms with Gasteiger partial charge < -0.3 is 0 Å². The molecule has 1 aromatic carbocycles. The SMILES string of the molecule is Cc1ccc(Cn2nc(C)c(C=NNC(=O)Cn3ccc(C(F)(F)F)n3)c2C)cc1. The Morgan fingerprint density at radius 2 is 1.83 bits per heavy atom. The minimum atomic E-state index is -4.55. The average Bonchev–Trinajstić information content (AvgIpc) is 3.23. The zero-order chi connectivity index (χ0) is 21.9. The molecule has 1 amide bonds. The molecule has 0 atom stereocenters. The van der Waals surface area contributed by atoms with E-state index in [0.717, 1.165) is 39.5 Å². The van der Waals surface area contributed by atoms with Crippen LogP contribution in [0.3, 0.4) is 0 Å². The van der Waals surface area contributed by atoms with E-state index in [1.54, 1.807) is 0 Å².